The van der Waals surface area contributed by atoms with Crippen LogP contribution in [0.3, 0.4) is 0 Å². The number of furan rings is 1. The fraction of sp³-hybridized carbons (Fsp3) is 0.647. The maximum Gasteiger partial charge on any atom is 0.257 e. The van der Waals surface area contributed by atoms with Crippen molar-refractivity contribution in [3.05, 3.63) is 23.7 Å². The smallest absolute Gasteiger partial charge is 0.257 e. The van der Waals surface area contributed by atoms with Gasteiger partial charge in [0.05, 0.1) is 11.8 Å². The van der Waals surface area contributed by atoms with Crippen molar-refractivity contribution in [3.63, 3.8) is 0 Å². The summed E-state index contributed by atoms with van der Waals surface area (Å²) in [6, 6.07) is 1.99. The first-order valence-corrected chi connectivity index (χ1v) is 8.10. The third kappa shape index (κ3) is 4.61. The van der Waals surface area contributed by atoms with Crippen LogP contribution in [0.5, 0.6) is 0 Å². The average molecular weight is 306 g/mol. The molecule has 1 fully saturated rings. The Morgan fingerprint density at radius 2 is 2.14 bits per heavy atom. The molecule has 0 aliphatic heterocycles. The molecule has 0 aromatic carbocycles. The number of carbonyl (C=O) groups is 2. The molecule has 0 saturated heterocycles. The van der Waals surface area contributed by atoms with E-state index >= 15 is 0 Å². The number of amides is 2. The second-order valence-electron chi connectivity index (χ2n) is 6.40. The van der Waals surface area contributed by atoms with Crippen molar-refractivity contribution in [2.45, 2.75) is 52.5 Å². The highest BCUT2D eigenvalue weighted by molar-refractivity contribution is 5.95. The number of nitrogens with one attached hydrogen (secondary N) is 1. The zero-order valence-electron chi connectivity index (χ0n) is 13.7. The number of hydrogen-bond donors (Lipinski definition) is 1. The molecule has 22 heavy (non-hydrogen) atoms. The quantitative estimate of drug-likeness (QED) is 0.803. The molecule has 1 aromatic heterocycles. The summed E-state index contributed by atoms with van der Waals surface area (Å²) in [7, 11) is 0. The molecule has 122 valence electrons. The van der Waals surface area contributed by atoms with Gasteiger partial charge < -0.3 is 14.6 Å². The van der Waals surface area contributed by atoms with Gasteiger partial charge >= 0.3 is 0 Å². The van der Waals surface area contributed by atoms with Crippen LogP contribution in [0, 0.1) is 12.8 Å². The topological polar surface area (TPSA) is 62.6 Å². The first-order chi connectivity index (χ1) is 10.5. The molecule has 1 N–H and O–H groups in total. The Morgan fingerprint density at radius 3 is 2.68 bits per heavy atom. The van der Waals surface area contributed by atoms with Crippen LogP contribution in [0.2, 0.25) is 0 Å². The van der Waals surface area contributed by atoms with Crippen LogP contribution in [0.4, 0.5) is 0 Å². The monoisotopic (exact) mass is 306 g/mol. The van der Waals surface area contributed by atoms with E-state index in [1.54, 1.807) is 13.0 Å². The Balaban J connectivity index is 1.84. The molecule has 1 aliphatic rings. The highest BCUT2D eigenvalue weighted by Crippen LogP contribution is 2.29. The number of hydrogen-bond acceptors (Lipinski definition) is 3. The molecular weight excluding hydrogens is 280 g/mol. The summed E-state index contributed by atoms with van der Waals surface area (Å²) < 4.78 is 5.21. The van der Waals surface area contributed by atoms with Gasteiger partial charge in [-0.1, -0.05) is 13.8 Å². The van der Waals surface area contributed by atoms with E-state index in [1.165, 1.54) is 6.26 Å². The third-order valence-corrected chi connectivity index (χ3v) is 3.96. The van der Waals surface area contributed by atoms with Gasteiger partial charge in [0.15, 0.2) is 0 Å². The van der Waals surface area contributed by atoms with Crippen molar-refractivity contribution in [3.8, 4) is 0 Å². The van der Waals surface area contributed by atoms with Gasteiger partial charge in [-0.25, -0.2) is 0 Å². The number of nitrogens with zero attached hydrogens (tertiary/aromatic N) is 1. The summed E-state index contributed by atoms with van der Waals surface area (Å²) in [5.41, 5.74) is 0.604. The molecule has 1 saturated carbocycles. The van der Waals surface area contributed by atoms with E-state index in [-0.39, 0.29) is 17.9 Å². The largest absolute Gasteiger partial charge is 0.469 e. The lowest BCUT2D eigenvalue weighted by atomic mass is 10.1. The van der Waals surface area contributed by atoms with Gasteiger partial charge in [-0.2, -0.15) is 0 Å². The average Bonchev–Trinajstić information content (AvgIpc) is 3.19. The maximum absolute atomic E-state index is 12.6. The van der Waals surface area contributed by atoms with Crippen LogP contribution in [0.1, 0.15) is 55.6 Å². The van der Waals surface area contributed by atoms with Gasteiger partial charge in [0.2, 0.25) is 5.91 Å². The minimum Gasteiger partial charge on any atom is -0.469 e. The van der Waals surface area contributed by atoms with E-state index in [9.17, 15) is 9.59 Å². The number of aryl methyl sites for hydroxylation is 1. The summed E-state index contributed by atoms with van der Waals surface area (Å²) >= 11 is 0. The summed E-state index contributed by atoms with van der Waals surface area (Å²) in [6.45, 7) is 7.23. The van der Waals surface area contributed by atoms with Crippen molar-refractivity contribution >= 4 is 11.8 Å². The molecule has 0 bridgehead atoms. The molecule has 5 nitrogen and oxygen atoms in total. The zero-order chi connectivity index (χ0) is 16.1. The Morgan fingerprint density at radius 1 is 1.41 bits per heavy atom. The Labute approximate surface area is 132 Å². The summed E-state index contributed by atoms with van der Waals surface area (Å²) in [5.74, 6) is 1.21. The van der Waals surface area contributed by atoms with Crippen molar-refractivity contribution in [2.75, 3.05) is 13.1 Å². The standard InChI is InChI=1S/C17H26N2O3/c1-12(2)6-9-18-16(20)7-10-19(14-4-5-14)17(21)15-8-11-22-13(15)3/h8,11-12,14H,4-7,9-10H2,1-3H3,(H,18,20). The third-order valence-electron chi connectivity index (χ3n) is 3.96. The SMILES string of the molecule is Cc1occc1C(=O)N(CCC(=O)NCCC(C)C)C1CC1. The molecule has 1 aliphatic carbocycles. The molecule has 5 heteroatoms. The van der Waals surface area contributed by atoms with Gasteiger partial charge in [0.1, 0.15) is 5.76 Å². The first-order valence-electron chi connectivity index (χ1n) is 8.10. The van der Waals surface area contributed by atoms with Crippen LogP contribution in [0.25, 0.3) is 0 Å². The van der Waals surface area contributed by atoms with Gasteiger partial charge in [-0.15, -0.1) is 0 Å². The van der Waals surface area contributed by atoms with Crippen LogP contribution in [-0.2, 0) is 4.79 Å². The predicted molar refractivity (Wildman–Crippen MR) is 84.6 cm³/mol. The van der Waals surface area contributed by atoms with Gasteiger partial charge in [-0.05, 0) is 38.2 Å². The highest BCUT2D eigenvalue weighted by Gasteiger charge is 2.34. The minimum absolute atomic E-state index is 0.0167. The number of rotatable bonds is 8. The highest BCUT2D eigenvalue weighted by atomic mass is 16.3. The molecule has 0 unspecified atom stereocenters. The van der Waals surface area contributed by atoms with Crippen molar-refractivity contribution in [1.82, 2.24) is 10.2 Å². The van der Waals surface area contributed by atoms with E-state index in [2.05, 4.69) is 19.2 Å². The molecule has 1 heterocycles. The van der Waals surface area contributed by atoms with Gasteiger partial charge in [-0.3, -0.25) is 9.59 Å². The molecule has 2 amide bonds. The summed E-state index contributed by atoms with van der Waals surface area (Å²) in [5, 5.41) is 2.92. The predicted octanol–water partition coefficient (Wildman–Crippen LogP) is 2.75. The van der Waals surface area contributed by atoms with Crippen LogP contribution in [-0.4, -0.2) is 35.8 Å². The second-order valence-corrected chi connectivity index (χ2v) is 6.40. The van der Waals surface area contributed by atoms with Crippen LogP contribution >= 0.6 is 0 Å². The van der Waals surface area contributed by atoms with Gasteiger partial charge in [0.25, 0.3) is 5.91 Å². The lowest BCUT2D eigenvalue weighted by molar-refractivity contribution is -0.121. The molecule has 0 spiro atoms. The first kappa shape index (κ1) is 16.6. The molecular formula is C17H26N2O3. The Bertz CT molecular complexity index is 518. The minimum atomic E-state index is -0.0243. The fourth-order valence-corrected chi connectivity index (χ4v) is 2.41. The normalized spacial score (nSPS) is 14.2. The lowest BCUT2D eigenvalue weighted by Crippen LogP contribution is -2.37. The molecule has 0 atom stereocenters. The maximum atomic E-state index is 12.6. The molecule has 0 radical (unpaired) electrons. The number of carbonyl (C=O) groups excluding carboxylic acids is 2. The zero-order valence-corrected chi connectivity index (χ0v) is 13.7. The molecule has 1 aromatic rings. The van der Waals surface area contributed by atoms with E-state index in [1.807, 2.05) is 4.90 Å². The molecule has 2 rings (SSSR count). The Hall–Kier alpha value is -1.78. The van der Waals surface area contributed by atoms with Gasteiger partial charge in [0, 0.05) is 25.6 Å². The van der Waals surface area contributed by atoms with Crippen molar-refractivity contribution < 1.29 is 14.0 Å². The van der Waals surface area contributed by atoms with E-state index < -0.39 is 0 Å². The van der Waals surface area contributed by atoms with E-state index in [0.717, 1.165) is 19.3 Å². The van der Waals surface area contributed by atoms with E-state index in [4.69, 9.17) is 4.42 Å². The van der Waals surface area contributed by atoms with Crippen LogP contribution in [0.15, 0.2) is 16.7 Å². The summed E-state index contributed by atoms with van der Waals surface area (Å²) in [4.78, 5) is 26.3. The fourth-order valence-electron chi connectivity index (χ4n) is 2.41. The van der Waals surface area contributed by atoms with Crippen molar-refractivity contribution in [1.29, 1.82) is 0 Å². The lowest BCUT2D eigenvalue weighted by Gasteiger charge is -2.22. The van der Waals surface area contributed by atoms with Crippen LogP contribution < -0.4 is 5.32 Å². The Kier molecular flexibility index (Phi) is 5.63. The second kappa shape index (κ2) is 7.47. The summed E-state index contributed by atoms with van der Waals surface area (Å²) in [6.07, 6.45) is 4.92. The van der Waals surface area contributed by atoms with E-state index in [0.29, 0.717) is 36.8 Å². The van der Waals surface area contributed by atoms with Crippen molar-refractivity contribution in [2.24, 2.45) is 5.92 Å².